The summed E-state index contributed by atoms with van der Waals surface area (Å²) < 4.78 is 5.84. The molecule has 0 radical (unpaired) electrons. The zero-order valence-corrected chi connectivity index (χ0v) is 22.0. The third-order valence-electron chi connectivity index (χ3n) is 7.36. The smallest absolute Gasteiger partial charge is 0.163 e. The molecule has 0 amide bonds. The number of piperazine rings is 1. The van der Waals surface area contributed by atoms with Gasteiger partial charge < -0.3 is 14.6 Å². The van der Waals surface area contributed by atoms with Gasteiger partial charge >= 0.3 is 0 Å². The van der Waals surface area contributed by atoms with Gasteiger partial charge in [0, 0.05) is 49.0 Å². The van der Waals surface area contributed by atoms with E-state index in [2.05, 4.69) is 57.3 Å². The average Bonchev–Trinajstić information content (AvgIpc) is 3.81. The molecule has 3 aromatic heterocycles. The highest BCUT2D eigenvalue weighted by molar-refractivity contribution is 7.97. The Labute approximate surface area is 216 Å². The number of pyridine rings is 2. The molecule has 0 bridgehead atoms. The summed E-state index contributed by atoms with van der Waals surface area (Å²) in [5.41, 5.74) is 4.13. The molecule has 3 fully saturated rings. The first-order chi connectivity index (χ1) is 17.4. The molecule has 0 spiro atoms. The maximum Gasteiger partial charge on any atom is 0.163 e. The molecule has 1 saturated heterocycles. The third-order valence-corrected chi connectivity index (χ3v) is 8.42. The summed E-state index contributed by atoms with van der Waals surface area (Å²) in [6.07, 6.45) is 11.1. The summed E-state index contributed by atoms with van der Waals surface area (Å²) in [6.45, 7) is 7.86. The highest BCUT2D eigenvalue weighted by Gasteiger charge is 2.45. The van der Waals surface area contributed by atoms with Crippen LogP contribution < -0.4 is 9.62 Å². The number of aromatic nitrogens is 3. The minimum Gasteiger partial charge on any atom is -0.367 e. The predicted molar refractivity (Wildman–Crippen MR) is 143 cm³/mol. The normalized spacial score (nSPS) is 19.8. The summed E-state index contributed by atoms with van der Waals surface area (Å²) in [5.74, 6) is 0.841. The van der Waals surface area contributed by atoms with Crippen LogP contribution >= 0.6 is 11.9 Å². The summed E-state index contributed by atoms with van der Waals surface area (Å²) in [5, 5.41) is 9.51. The molecular formula is C27H33N7OS. The summed E-state index contributed by atoms with van der Waals surface area (Å²) in [6, 6.07) is 8.83. The fourth-order valence-electron chi connectivity index (χ4n) is 4.47. The lowest BCUT2D eigenvalue weighted by molar-refractivity contribution is -0.106. The number of hydrogen-bond acceptors (Lipinski definition) is 8. The lowest BCUT2D eigenvalue weighted by Gasteiger charge is -2.34. The van der Waals surface area contributed by atoms with Crippen LogP contribution in [-0.2, 0) is 10.2 Å². The number of nitrogens with zero attached hydrogens (tertiary/aromatic N) is 6. The van der Waals surface area contributed by atoms with E-state index in [4.69, 9.17) is 14.8 Å². The van der Waals surface area contributed by atoms with Gasteiger partial charge in [-0.05, 0) is 76.2 Å². The molecule has 36 heavy (non-hydrogen) atoms. The number of hydrogen-bond donors (Lipinski definition) is 1. The number of nitriles is 1. The van der Waals surface area contributed by atoms with Crippen molar-refractivity contribution in [2.45, 2.75) is 55.4 Å². The van der Waals surface area contributed by atoms with Gasteiger partial charge in [-0.2, -0.15) is 5.26 Å². The molecule has 0 aromatic carbocycles. The standard InChI is InChI=1S/C25H29N7S.C2H4O/c1-24(5-6-24)29-33-19-13-21(31-11-9-30(2)10-12-31)22-15-28-23(32(22)16-19)20-4-3-18(14-27-20)25(17-26)7-8-25;1-2-3/h3-4,13-16,29H,5-12H2,1-2H3;2H,1H3. The second kappa shape index (κ2) is 9.85. The average molecular weight is 504 g/mol. The Morgan fingerprint density at radius 1 is 1.11 bits per heavy atom. The number of carbonyl (C=O) groups excluding carboxylic acids is 1. The summed E-state index contributed by atoms with van der Waals surface area (Å²) in [7, 11) is 2.18. The van der Waals surface area contributed by atoms with Crippen LogP contribution in [0.4, 0.5) is 5.69 Å². The molecule has 2 aliphatic carbocycles. The highest BCUT2D eigenvalue weighted by atomic mass is 32.2. The van der Waals surface area contributed by atoms with E-state index in [0.717, 1.165) is 67.9 Å². The van der Waals surface area contributed by atoms with E-state index >= 15 is 0 Å². The quantitative estimate of drug-likeness (QED) is 0.398. The van der Waals surface area contributed by atoms with Crippen molar-refractivity contribution in [2.75, 3.05) is 38.1 Å². The Balaban J connectivity index is 0.000000848. The van der Waals surface area contributed by atoms with Gasteiger partial charge in [-0.25, -0.2) is 4.98 Å². The first kappa shape index (κ1) is 24.8. The molecule has 3 aliphatic rings. The number of nitrogens with one attached hydrogen (secondary N) is 1. The van der Waals surface area contributed by atoms with Crippen molar-refractivity contribution in [1.29, 1.82) is 5.26 Å². The number of imidazole rings is 1. The zero-order chi connectivity index (χ0) is 25.3. The number of likely N-dealkylation sites (N-methyl/N-ethyl adjacent to an activating group) is 1. The predicted octanol–water partition coefficient (Wildman–Crippen LogP) is 4.06. The van der Waals surface area contributed by atoms with Gasteiger partial charge in [0.15, 0.2) is 5.82 Å². The molecule has 8 nitrogen and oxygen atoms in total. The molecule has 0 atom stereocenters. The molecule has 3 aromatic rings. The van der Waals surface area contributed by atoms with Crippen LogP contribution in [0.2, 0.25) is 0 Å². The van der Waals surface area contributed by atoms with Crippen LogP contribution in [0.15, 0.2) is 41.7 Å². The highest BCUT2D eigenvalue weighted by Crippen LogP contribution is 2.47. The van der Waals surface area contributed by atoms with Crippen molar-refractivity contribution in [1.82, 2.24) is 24.0 Å². The van der Waals surface area contributed by atoms with Gasteiger partial charge in [0.2, 0.25) is 0 Å². The van der Waals surface area contributed by atoms with E-state index < -0.39 is 0 Å². The Bertz CT molecular complexity index is 1280. The maximum atomic E-state index is 9.51. The van der Waals surface area contributed by atoms with Gasteiger partial charge in [-0.3, -0.25) is 14.1 Å². The molecule has 6 rings (SSSR count). The topological polar surface area (TPSA) is 89.6 Å². The molecule has 2 saturated carbocycles. The third kappa shape index (κ3) is 4.99. The number of rotatable bonds is 6. The van der Waals surface area contributed by atoms with Gasteiger partial charge in [0.25, 0.3) is 0 Å². The molecule has 188 valence electrons. The van der Waals surface area contributed by atoms with Gasteiger partial charge in [0.05, 0.1) is 28.9 Å². The van der Waals surface area contributed by atoms with Crippen molar-refractivity contribution in [3.05, 3.63) is 42.4 Å². The number of anilines is 1. The Morgan fingerprint density at radius 3 is 2.42 bits per heavy atom. The van der Waals surface area contributed by atoms with E-state index in [1.165, 1.54) is 30.3 Å². The van der Waals surface area contributed by atoms with Crippen molar-refractivity contribution in [2.24, 2.45) is 0 Å². The monoisotopic (exact) mass is 503 g/mol. The van der Waals surface area contributed by atoms with E-state index in [0.29, 0.717) is 0 Å². The molecule has 4 heterocycles. The number of aldehydes is 1. The number of fused-ring (bicyclic) bond motifs is 1. The van der Waals surface area contributed by atoms with E-state index in [9.17, 15) is 5.26 Å². The fraction of sp³-hybridized carbons (Fsp3) is 0.481. The maximum absolute atomic E-state index is 9.51. The Morgan fingerprint density at radius 2 is 1.83 bits per heavy atom. The fourth-order valence-corrected chi connectivity index (χ4v) is 5.37. The van der Waals surface area contributed by atoms with E-state index in [1.807, 2.05) is 18.5 Å². The lowest BCUT2D eigenvalue weighted by atomic mass is 10.00. The Hall–Kier alpha value is -2.93. The van der Waals surface area contributed by atoms with Crippen LogP contribution in [0.25, 0.3) is 17.0 Å². The van der Waals surface area contributed by atoms with E-state index in [-0.39, 0.29) is 11.0 Å². The second-order valence-electron chi connectivity index (χ2n) is 10.3. The van der Waals surface area contributed by atoms with Crippen LogP contribution in [0, 0.1) is 11.3 Å². The van der Waals surface area contributed by atoms with Crippen LogP contribution in [0.3, 0.4) is 0 Å². The van der Waals surface area contributed by atoms with Crippen LogP contribution in [0.1, 0.15) is 45.1 Å². The second-order valence-corrected chi connectivity index (χ2v) is 11.2. The van der Waals surface area contributed by atoms with Crippen LogP contribution in [0.5, 0.6) is 0 Å². The van der Waals surface area contributed by atoms with Crippen molar-refractivity contribution < 1.29 is 4.79 Å². The van der Waals surface area contributed by atoms with Crippen LogP contribution in [-0.4, -0.2) is 64.3 Å². The summed E-state index contributed by atoms with van der Waals surface area (Å²) in [4.78, 5) is 24.4. The molecular weight excluding hydrogens is 470 g/mol. The van der Waals surface area contributed by atoms with Crippen molar-refractivity contribution in [3.8, 4) is 17.6 Å². The zero-order valence-electron chi connectivity index (χ0n) is 21.2. The minimum absolute atomic E-state index is 0.252. The number of carbonyl (C=O) groups is 1. The summed E-state index contributed by atoms with van der Waals surface area (Å²) >= 11 is 1.72. The molecule has 0 unspecified atom stereocenters. The van der Waals surface area contributed by atoms with E-state index in [1.54, 1.807) is 11.9 Å². The minimum atomic E-state index is -0.316. The molecule has 1 aliphatic heterocycles. The SMILES string of the molecule is CC=O.CN1CCN(c2cc(SNC3(C)CC3)cn3c(-c4ccc(C5(C#N)CC5)cn4)ncc23)CC1. The lowest BCUT2D eigenvalue weighted by Crippen LogP contribution is -2.44. The first-order valence-corrected chi connectivity index (χ1v) is 13.4. The largest absolute Gasteiger partial charge is 0.367 e. The molecule has 1 N–H and O–H groups in total. The van der Waals surface area contributed by atoms with Gasteiger partial charge in [-0.15, -0.1) is 0 Å². The van der Waals surface area contributed by atoms with Crippen molar-refractivity contribution in [3.63, 3.8) is 0 Å². The first-order valence-electron chi connectivity index (χ1n) is 12.6. The van der Waals surface area contributed by atoms with Crippen molar-refractivity contribution >= 4 is 29.4 Å². The van der Waals surface area contributed by atoms with Gasteiger partial charge in [-0.1, -0.05) is 6.07 Å². The Kier molecular flexibility index (Phi) is 6.77. The van der Waals surface area contributed by atoms with Gasteiger partial charge in [0.1, 0.15) is 12.0 Å². The molecule has 9 heteroatoms.